The van der Waals surface area contributed by atoms with Crippen LogP contribution in [0, 0.1) is 0 Å². The summed E-state index contributed by atoms with van der Waals surface area (Å²) in [5.74, 6) is -0.969. The van der Waals surface area contributed by atoms with E-state index in [1.165, 1.54) is 26.4 Å². The van der Waals surface area contributed by atoms with Crippen LogP contribution < -0.4 is 15.0 Å². The Kier molecular flexibility index (Phi) is 2.88. The van der Waals surface area contributed by atoms with Crippen molar-refractivity contribution in [3.63, 3.8) is 0 Å². The maximum Gasteiger partial charge on any atom is 0.372 e. The van der Waals surface area contributed by atoms with E-state index < -0.39 is 17.4 Å². The van der Waals surface area contributed by atoms with Crippen LogP contribution in [-0.2, 0) is 0 Å². The average molecular weight is 250 g/mol. The smallest absolute Gasteiger partial charge is 0.372 e. The number of aromatic amines is 1. The summed E-state index contributed by atoms with van der Waals surface area (Å²) in [4.78, 5) is 28.5. The van der Waals surface area contributed by atoms with Crippen molar-refractivity contribution >= 4 is 16.9 Å². The Bertz CT molecular complexity index is 677. The molecule has 0 saturated carbocycles. The summed E-state index contributed by atoms with van der Waals surface area (Å²) in [6.07, 6.45) is 0. The van der Waals surface area contributed by atoms with Crippen molar-refractivity contribution in [1.29, 1.82) is 0 Å². The summed E-state index contributed by atoms with van der Waals surface area (Å²) < 4.78 is 10.1. The molecule has 2 N–H and O–H groups in total. The highest BCUT2D eigenvalue weighted by atomic mass is 16.5. The van der Waals surface area contributed by atoms with Gasteiger partial charge in [-0.15, -0.1) is 0 Å². The van der Waals surface area contributed by atoms with E-state index in [1.54, 1.807) is 0 Å². The second kappa shape index (κ2) is 4.36. The molecule has 0 unspecified atom stereocenters. The van der Waals surface area contributed by atoms with E-state index in [0.29, 0.717) is 11.5 Å². The number of benzene rings is 1. The molecule has 0 aliphatic heterocycles. The topological polar surface area (TPSA) is 102 Å². The van der Waals surface area contributed by atoms with E-state index in [-0.39, 0.29) is 10.9 Å². The van der Waals surface area contributed by atoms with Crippen LogP contribution in [0.15, 0.2) is 16.9 Å². The first-order valence-corrected chi connectivity index (χ1v) is 4.96. The van der Waals surface area contributed by atoms with Crippen molar-refractivity contribution < 1.29 is 19.4 Å². The third-order valence-corrected chi connectivity index (χ3v) is 2.41. The van der Waals surface area contributed by atoms with Crippen LogP contribution in [0.25, 0.3) is 10.9 Å². The van der Waals surface area contributed by atoms with Crippen molar-refractivity contribution in [3.05, 3.63) is 28.3 Å². The molecule has 0 fully saturated rings. The molecule has 0 amide bonds. The zero-order valence-corrected chi connectivity index (χ0v) is 9.68. The fourth-order valence-corrected chi connectivity index (χ4v) is 1.57. The predicted molar refractivity (Wildman–Crippen MR) is 62.4 cm³/mol. The van der Waals surface area contributed by atoms with Gasteiger partial charge in [0.2, 0.25) is 5.82 Å². The Balaban J connectivity index is 2.80. The van der Waals surface area contributed by atoms with Crippen LogP contribution in [0.5, 0.6) is 11.5 Å². The summed E-state index contributed by atoms with van der Waals surface area (Å²) in [7, 11) is 2.88. The Morgan fingerprint density at radius 2 is 1.89 bits per heavy atom. The maximum absolute atomic E-state index is 11.7. The van der Waals surface area contributed by atoms with Gasteiger partial charge in [0.05, 0.1) is 25.1 Å². The molecule has 0 bridgehead atoms. The van der Waals surface area contributed by atoms with Crippen LogP contribution in [0.2, 0.25) is 0 Å². The summed E-state index contributed by atoms with van der Waals surface area (Å²) in [5.41, 5.74) is -0.313. The lowest BCUT2D eigenvalue weighted by Crippen LogP contribution is -2.15. The molecule has 7 heteroatoms. The van der Waals surface area contributed by atoms with Crippen molar-refractivity contribution in [2.24, 2.45) is 0 Å². The molecule has 0 radical (unpaired) electrons. The second-order valence-electron chi connectivity index (χ2n) is 3.44. The Hall–Kier alpha value is -2.57. The van der Waals surface area contributed by atoms with Crippen LogP contribution >= 0.6 is 0 Å². The fraction of sp³-hybridized carbons (Fsp3) is 0.182. The second-order valence-corrected chi connectivity index (χ2v) is 3.44. The zero-order chi connectivity index (χ0) is 13.3. The first-order valence-electron chi connectivity index (χ1n) is 4.96. The number of methoxy groups -OCH3 is 2. The molecule has 2 rings (SSSR count). The molecule has 1 heterocycles. The Morgan fingerprint density at radius 3 is 2.44 bits per heavy atom. The van der Waals surface area contributed by atoms with Crippen molar-refractivity contribution in [2.45, 2.75) is 0 Å². The van der Waals surface area contributed by atoms with E-state index in [1.807, 2.05) is 0 Å². The van der Waals surface area contributed by atoms with Gasteiger partial charge < -0.3 is 19.6 Å². The maximum atomic E-state index is 11.7. The van der Waals surface area contributed by atoms with Crippen LogP contribution in [0.1, 0.15) is 10.6 Å². The van der Waals surface area contributed by atoms with E-state index in [4.69, 9.17) is 14.6 Å². The lowest BCUT2D eigenvalue weighted by atomic mass is 10.2. The fourth-order valence-electron chi connectivity index (χ4n) is 1.57. The van der Waals surface area contributed by atoms with Crippen molar-refractivity contribution in [1.82, 2.24) is 9.97 Å². The molecule has 94 valence electrons. The number of rotatable bonds is 3. The van der Waals surface area contributed by atoms with E-state index in [9.17, 15) is 9.59 Å². The molecule has 0 saturated heterocycles. The number of aromatic carboxylic acids is 1. The lowest BCUT2D eigenvalue weighted by molar-refractivity contribution is 0.0683. The number of fused-ring (bicyclic) bond motifs is 1. The van der Waals surface area contributed by atoms with Gasteiger partial charge in [-0.05, 0) is 6.07 Å². The molecule has 1 aromatic heterocycles. The largest absolute Gasteiger partial charge is 0.493 e. The van der Waals surface area contributed by atoms with Gasteiger partial charge in [0, 0.05) is 6.07 Å². The quantitative estimate of drug-likeness (QED) is 0.828. The van der Waals surface area contributed by atoms with E-state index in [2.05, 4.69) is 9.97 Å². The lowest BCUT2D eigenvalue weighted by Gasteiger charge is -2.08. The number of carboxylic acid groups (broad SMARTS) is 1. The standard InChI is InChI=1S/C11H10N2O5/c1-17-7-3-5-6(4-8(7)18-2)12-9(11(15)16)13-10(5)14/h3-4H,1-2H3,(H,15,16)(H,12,13,14). The van der Waals surface area contributed by atoms with Crippen molar-refractivity contribution in [2.75, 3.05) is 14.2 Å². The van der Waals surface area contributed by atoms with Crippen LogP contribution in [-0.4, -0.2) is 35.3 Å². The summed E-state index contributed by atoms with van der Waals surface area (Å²) >= 11 is 0. The molecule has 0 aliphatic rings. The number of hydrogen-bond acceptors (Lipinski definition) is 5. The first-order chi connectivity index (χ1) is 8.56. The van der Waals surface area contributed by atoms with Crippen LogP contribution in [0.4, 0.5) is 0 Å². The molecule has 18 heavy (non-hydrogen) atoms. The first kappa shape index (κ1) is 11.9. The highest BCUT2D eigenvalue weighted by Gasteiger charge is 2.13. The number of ether oxygens (including phenoxy) is 2. The summed E-state index contributed by atoms with van der Waals surface area (Å²) in [6.45, 7) is 0. The number of nitrogens with zero attached hydrogens (tertiary/aromatic N) is 1. The van der Waals surface area contributed by atoms with Crippen LogP contribution in [0.3, 0.4) is 0 Å². The molecule has 0 spiro atoms. The van der Waals surface area contributed by atoms with Gasteiger partial charge >= 0.3 is 5.97 Å². The highest BCUT2D eigenvalue weighted by molar-refractivity contribution is 5.88. The number of H-pyrrole nitrogens is 1. The minimum Gasteiger partial charge on any atom is -0.493 e. The van der Waals surface area contributed by atoms with E-state index in [0.717, 1.165) is 0 Å². The number of aromatic nitrogens is 2. The molecule has 7 nitrogen and oxygen atoms in total. The van der Waals surface area contributed by atoms with Gasteiger partial charge in [-0.25, -0.2) is 9.78 Å². The van der Waals surface area contributed by atoms with Gasteiger partial charge in [0.1, 0.15) is 0 Å². The molecule has 0 aliphatic carbocycles. The molecule has 2 aromatic rings. The van der Waals surface area contributed by atoms with Gasteiger partial charge in [0.15, 0.2) is 11.5 Å². The highest BCUT2D eigenvalue weighted by Crippen LogP contribution is 2.29. The number of carboxylic acids is 1. The monoisotopic (exact) mass is 250 g/mol. The molecular weight excluding hydrogens is 240 g/mol. The molecular formula is C11H10N2O5. The number of carbonyl (C=O) groups is 1. The van der Waals surface area contributed by atoms with Gasteiger partial charge in [-0.3, -0.25) is 4.79 Å². The van der Waals surface area contributed by atoms with Crippen molar-refractivity contribution in [3.8, 4) is 11.5 Å². The normalized spacial score (nSPS) is 10.3. The minimum atomic E-state index is -1.30. The summed E-state index contributed by atoms with van der Waals surface area (Å²) in [6, 6.07) is 2.90. The zero-order valence-electron chi connectivity index (χ0n) is 9.68. The average Bonchev–Trinajstić information content (AvgIpc) is 2.36. The molecule has 0 atom stereocenters. The third kappa shape index (κ3) is 1.86. The van der Waals surface area contributed by atoms with Gasteiger partial charge in [0.25, 0.3) is 5.56 Å². The Morgan fingerprint density at radius 1 is 1.28 bits per heavy atom. The molecule has 1 aromatic carbocycles. The third-order valence-electron chi connectivity index (χ3n) is 2.41. The van der Waals surface area contributed by atoms with Gasteiger partial charge in [-0.2, -0.15) is 0 Å². The number of nitrogens with one attached hydrogen (secondary N) is 1. The number of hydrogen-bond donors (Lipinski definition) is 2. The summed E-state index contributed by atoms with van der Waals surface area (Å²) in [5, 5.41) is 9.04. The van der Waals surface area contributed by atoms with Gasteiger partial charge in [-0.1, -0.05) is 0 Å². The predicted octanol–water partition coefficient (Wildman–Crippen LogP) is 0.638. The minimum absolute atomic E-state index is 0.230. The SMILES string of the molecule is COc1cc2nc(C(=O)O)[nH]c(=O)c2cc1OC. The Labute approximate surface area is 101 Å². The van der Waals surface area contributed by atoms with E-state index >= 15 is 0 Å².